The molecule has 0 fully saturated rings. The normalized spacial score (nSPS) is 11.3. The summed E-state index contributed by atoms with van der Waals surface area (Å²) >= 11 is 1.44. The molecule has 0 radical (unpaired) electrons. The predicted octanol–water partition coefficient (Wildman–Crippen LogP) is 3.72. The Morgan fingerprint density at radius 2 is 1.93 bits per heavy atom. The lowest BCUT2D eigenvalue weighted by molar-refractivity contribution is -0.121. The van der Waals surface area contributed by atoms with E-state index in [1.54, 1.807) is 12.1 Å². The zero-order valence-electron chi connectivity index (χ0n) is 16.0. The molecule has 150 valence electrons. The minimum atomic E-state index is -0.515. The Morgan fingerprint density at radius 3 is 2.70 bits per heavy atom. The number of hydrazone groups is 1. The van der Waals surface area contributed by atoms with Crippen LogP contribution in [0.4, 0.5) is 4.39 Å². The van der Waals surface area contributed by atoms with Gasteiger partial charge in [-0.3, -0.25) is 14.2 Å². The smallest absolute Gasteiger partial charge is 0.263 e. The summed E-state index contributed by atoms with van der Waals surface area (Å²) in [4.78, 5) is 31.3. The number of thiophene rings is 1. The Morgan fingerprint density at radius 1 is 1.20 bits per heavy atom. The lowest BCUT2D eigenvalue weighted by Gasteiger charge is -2.06. The number of aromatic nitrogens is 2. The molecule has 6 nitrogen and oxygen atoms in total. The van der Waals surface area contributed by atoms with E-state index >= 15 is 0 Å². The number of fused-ring (bicyclic) bond motifs is 1. The minimum Gasteiger partial charge on any atom is -0.289 e. The fourth-order valence-corrected chi connectivity index (χ4v) is 4.15. The van der Waals surface area contributed by atoms with Crippen LogP contribution in [-0.4, -0.2) is 21.7 Å². The van der Waals surface area contributed by atoms with Crippen LogP contribution in [0.3, 0.4) is 0 Å². The van der Waals surface area contributed by atoms with Crippen LogP contribution in [0, 0.1) is 12.7 Å². The summed E-state index contributed by atoms with van der Waals surface area (Å²) in [5.74, 6) is -0.957. The van der Waals surface area contributed by atoms with E-state index < -0.39 is 11.7 Å². The first kappa shape index (κ1) is 19.7. The minimum absolute atomic E-state index is 0.249. The van der Waals surface area contributed by atoms with Gasteiger partial charge in [0.25, 0.3) is 11.5 Å². The highest BCUT2D eigenvalue weighted by Crippen LogP contribution is 2.35. The number of carbonyl (C=O) groups is 1. The van der Waals surface area contributed by atoms with Crippen molar-refractivity contribution in [1.29, 1.82) is 0 Å². The van der Waals surface area contributed by atoms with Gasteiger partial charge in [0.2, 0.25) is 0 Å². The zero-order valence-corrected chi connectivity index (χ0v) is 16.8. The van der Waals surface area contributed by atoms with Crippen LogP contribution in [0.25, 0.3) is 21.3 Å². The van der Waals surface area contributed by atoms with Gasteiger partial charge in [-0.05, 0) is 18.6 Å². The van der Waals surface area contributed by atoms with Gasteiger partial charge < -0.3 is 0 Å². The predicted molar refractivity (Wildman–Crippen MR) is 116 cm³/mol. The van der Waals surface area contributed by atoms with Crippen molar-refractivity contribution in [3.63, 3.8) is 0 Å². The van der Waals surface area contributed by atoms with Crippen LogP contribution in [0.5, 0.6) is 0 Å². The summed E-state index contributed by atoms with van der Waals surface area (Å²) in [5, 5.41) is 4.26. The maximum Gasteiger partial charge on any atom is 0.263 e. The van der Waals surface area contributed by atoms with Crippen LogP contribution in [0.2, 0.25) is 0 Å². The Hall–Kier alpha value is -3.65. The molecule has 0 saturated heterocycles. The van der Waals surface area contributed by atoms with Crippen molar-refractivity contribution in [2.45, 2.75) is 13.5 Å². The summed E-state index contributed by atoms with van der Waals surface area (Å²) in [7, 11) is 0. The molecule has 0 aliphatic rings. The number of hydrogen-bond donors (Lipinski definition) is 1. The number of carbonyl (C=O) groups excluding carboxylic acids is 1. The highest BCUT2D eigenvalue weighted by atomic mass is 32.1. The van der Waals surface area contributed by atoms with Gasteiger partial charge in [0.1, 0.15) is 17.2 Å². The fourth-order valence-electron chi connectivity index (χ4n) is 3.15. The Bertz CT molecular complexity index is 1310. The summed E-state index contributed by atoms with van der Waals surface area (Å²) in [6.07, 6.45) is 2.57. The summed E-state index contributed by atoms with van der Waals surface area (Å²) < 4.78 is 14.8. The number of rotatable bonds is 5. The first-order chi connectivity index (χ1) is 14.5. The molecule has 1 amide bonds. The fraction of sp³-hybridized carbons (Fsp3) is 0.0909. The molecule has 0 saturated carbocycles. The highest BCUT2D eigenvalue weighted by Gasteiger charge is 2.17. The Labute approximate surface area is 175 Å². The number of halogens is 1. The third kappa shape index (κ3) is 3.90. The molecule has 2 aromatic carbocycles. The van der Waals surface area contributed by atoms with Gasteiger partial charge in [-0.2, -0.15) is 5.10 Å². The van der Waals surface area contributed by atoms with Crippen molar-refractivity contribution in [1.82, 2.24) is 15.0 Å². The maximum atomic E-state index is 13.6. The van der Waals surface area contributed by atoms with Crippen LogP contribution in [0.15, 0.2) is 70.8 Å². The summed E-state index contributed by atoms with van der Waals surface area (Å²) in [5.41, 5.74) is 4.03. The second kappa shape index (κ2) is 8.38. The van der Waals surface area contributed by atoms with Crippen LogP contribution < -0.4 is 11.0 Å². The first-order valence-electron chi connectivity index (χ1n) is 9.15. The molecule has 1 N–H and O–H groups in total. The SMILES string of the molecule is Cc1sc2ncn(CC(=O)NN=Cc3ccccc3F)c(=O)c2c1-c1ccccc1. The largest absolute Gasteiger partial charge is 0.289 e. The first-order valence-corrected chi connectivity index (χ1v) is 9.96. The third-order valence-electron chi connectivity index (χ3n) is 4.53. The van der Waals surface area contributed by atoms with Gasteiger partial charge in [-0.25, -0.2) is 14.8 Å². The summed E-state index contributed by atoms with van der Waals surface area (Å²) in [6.45, 7) is 1.70. The van der Waals surface area contributed by atoms with Gasteiger partial charge in [0.05, 0.1) is 17.9 Å². The molecule has 0 aliphatic heterocycles. The number of benzene rings is 2. The average molecular weight is 420 g/mol. The van der Waals surface area contributed by atoms with Crippen molar-refractivity contribution in [3.8, 4) is 11.1 Å². The number of hydrogen-bond acceptors (Lipinski definition) is 5. The van der Waals surface area contributed by atoms with Gasteiger partial charge in [-0.15, -0.1) is 11.3 Å². The van der Waals surface area contributed by atoms with Crippen LogP contribution >= 0.6 is 11.3 Å². The van der Waals surface area contributed by atoms with E-state index in [9.17, 15) is 14.0 Å². The molecule has 2 aromatic heterocycles. The topological polar surface area (TPSA) is 76.3 Å². The Kier molecular flexibility index (Phi) is 5.49. The Balaban J connectivity index is 1.59. The van der Waals surface area contributed by atoms with E-state index in [4.69, 9.17) is 0 Å². The molecule has 0 bridgehead atoms. The molecule has 30 heavy (non-hydrogen) atoms. The molecule has 2 heterocycles. The van der Waals surface area contributed by atoms with E-state index in [1.807, 2.05) is 37.3 Å². The van der Waals surface area contributed by atoms with E-state index in [2.05, 4.69) is 15.5 Å². The molecule has 8 heteroatoms. The lowest BCUT2D eigenvalue weighted by atomic mass is 10.0. The van der Waals surface area contributed by atoms with Crippen molar-refractivity contribution < 1.29 is 9.18 Å². The molecule has 4 rings (SSSR count). The average Bonchev–Trinajstić information content (AvgIpc) is 3.09. The zero-order chi connectivity index (χ0) is 21.1. The van der Waals surface area contributed by atoms with Crippen molar-refractivity contribution in [2.75, 3.05) is 0 Å². The van der Waals surface area contributed by atoms with Crippen molar-refractivity contribution >= 4 is 33.7 Å². The molecule has 0 unspecified atom stereocenters. The molecule has 0 aliphatic carbocycles. The number of amides is 1. The molecular weight excluding hydrogens is 403 g/mol. The van der Waals surface area contributed by atoms with Gasteiger partial charge in [-0.1, -0.05) is 48.5 Å². The second-order valence-corrected chi connectivity index (χ2v) is 7.77. The third-order valence-corrected chi connectivity index (χ3v) is 5.54. The van der Waals surface area contributed by atoms with E-state index in [-0.39, 0.29) is 17.7 Å². The number of nitrogens with zero attached hydrogens (tertiary/aromatic N) is 3. The van der Waals surface area contributed by atoms with E-state index in [1.165, 1.54) is 40.6 Å². The molecular formula is C22H17FN4O2S. The summed E-state index contributed by atoms with van der Waals surface area (Å²) in [6, 6.07) is 15.7. The van der Waals surface area contributed by atoms with Crippen molar-refractivity contribution in [3.05, 3.63) is 87.5 Å². The molecule has 4 aromatic rings. The highest BCUT2D eigenvalue weighted by molar-refractivity contribution is 7.19. The van der Waals surface area contributed by atoms with Crippen molar-refractivity contribution in [2.24, 2.45) is 5.10 Å². The molecule has 0 spiro atoms. The van der Waals surface area contributed by atoms with E-state index in [0.29, 0.717) is 10.2 Å². The number of aryl methyl sites for hydroxylation is 1. The molecule has 0 atom stereocenters. The van der Waals surface area contributed by atoms with Gasteiger partial charge in [0, 0.05) is 16.0 Å². The van der Waals surface area contributed by atoms with Crippen LogP contribution in [-0.2, 0) is 11.3 Å². The number of nitrogens with one attached hydrogen (secondary N) is 1. The van der Waals surface area contributed by atoms with Gasteiger partial charge >= 0.3 is 0 Å². The standard InChI is InChI=1S/C22H17FN4O2S/c1-14-19(15-7-3-2-4-8-15)20-21(30-14)24-13-27(22(20)29)12-18(28)26-25-11-16-9-5-6-10-17(16)23/h2-11,13H,12H2,1H3,(H,26,28). The quantitative estimate of drug-likeness (QED) is 0.395. The second-order valence-electron chi connectivity index (χ2n) is 6.57. The van der Waals surface area contributed by atoms with Gasteiger partial charge in [0.15, 0.2) is 0 Å². The van der Waals surface area contributed by atoms with Crippen LogP contribution in [0.1, 0.15) is 10.4 Å². The van der Waals surface area contributed by atoms with E-state index in [0.717, 1.165) is 16.0 Å². The lowest BCUT2D eigenvalue weighted by Crippen LogP contribution is -2.30. The maximum absolute atomic E-state index is 13.6. The monoisotopic (exact) mass is 420 g/mol.